The van der Waals surface area contributed by atoms with Crippen molar-refractivity contribution in [1.82, 2.24) is 0 Å². The molecular formula is C18H35N7O10. The van der Waals surface area contributed by atoms with Crippen molar-refractivity contribution in [1.29, 1.82) is 0 Å². The fourth-order valence-electron chi connectivity index (χ4n) is 4.52. The molecule has 0 aromatic carbocycles. The van der Waals surface area contributed by atoms with Crippen LogP contribution in [-0.4, -0.2) is 135 Å². The molecule has 2 heterocycles. The van der Waals surface area contributed by atoms with E-state index in [2.05, 4.69) is 10.0 Å². The van der Waals surface area contributed by atoms with E-state index in [4.69, 9.17) is 47.4 Å². The molecule has 0 radical (unpaired) electrons. The van der Waals surface area contributed by atoms with Crippen LogP contribution in [0.25, 0.3) is 10.4 Å². The van der Waals surface area contributed by atoms with Crippen LogP contribution < -0.4 is 22.9 Å². The van der Waals surface area contributed by atoms with E-state index in [1.807, 2.05) is 0 Å². The van der Waals surface area contributed by atoms with Gasteiger partial charge < -0.3 is 72.5 Å². The third kappa shape index (κ3) is 5.85. The Morgan fingerprint density at radius 2 is 1.31 bits per heavy atom. The Balaban J connectivity index is 1.73. The third-order valence-corrected chi connectivity index (χ3v) is 6.63. The van der Waals surface area contributed by atoms with Gasteiger partial charge in [-0.15, -0.1) is 0 Å². The highest BCUT2D eigenvalue weighted by atomic mass is 16.7. The van der Waals surface area contributed by atoms with Crippen LogP contribution in [0.3, 0.4) is 0 Å². The average molecular weight is 510 g/mol. The number of hydrogen-bond acceptors (Lipinski definition) is 15. The molecule has 14 N–H and O–H groups in total. The zero-order valence-corrected chi connectivity index (χ0v) is 18.7. The van der Waals surface area contributed by atoms with Crippen LogP contribution in [0.15, 0.2) is 5.11 Å². The van der Waals surface area contributed by atoms with Gasteiger partial charge in [-0.2, -0.15) is 0 Å². The first-order chi connectivity index (χ1) is 16.5. The van der Waals surface area contributed by atoms with Crippen LogP contribution in [0.1, 0.15) is 6.42 Å². The monoisotopic (exact) mass is 509 g/mol. The zero-order chi connectivity index (χ0) is 26.0. The summed E-state index contributed by atoms with van der Waals surface area (Å²) in [5.41, 5.74) is 32.2. The Hall–Kier alpha value is -1.25. The van der Waals surface area contributed by atoms with E-state index in [0.29, 0.717) is 0 Å². The van der Waals surface area contributed by atoms with E-state index < -0.39 is 91.7 Å². The smallest absolute Gasteiger partial charge is 0.187 e. The maximum atomic E-state index is 11.0. The minimum Gasteiger partial charge on any atom is -0.389 e. The van der Waals surface area contributed by atoms with Gasteiger partial charge in [0.25, 0.3) is 0 Å². The Kier molecular flexibility index (Phi) is 9.60. The minimum absolute atomic E-state index is 0.0698. The molecule has 17 heteroatoms. The van der Waals surface area contributed by atoms with Gasteiger partial charge in [0.1, 0.15) is 48.8 Å². The van der Waals surface area contributed by atoms with Crippen molar-refractivity contribution >= 4 is 0 Å². The van der Waals surface area contributed by atoms with E-state index in [1.165, 1.54) is 0 Å². The summed E-state index contributed by atoms with van der Waals surface area (Å²) in [5.74, 6) is 0. The first kappa shape index (κ1) is 28.3. The molecule has 35 heavy (non-hydrogen) atoms. The fourth-order valence-corrected chi connectivity index (χ4v) is 4.52. The Morgan fingerprint density at radius 1 is 0.771 bits per heavy atom. The maximum Gasteiger partial charge on any atom is 0.187 e. The first-order valence-electron chi connectivity index (χ1n) is 11.2. The lowest BCUT2D eigenvalue weighted by atomic mass is 9.84. The summed E-state index contributed by atoms with van der Waals surface area (Å²) in [7, 11) is 0. The second-order valence-electron chi connectivity index (χ2n) is 9.02. The molecule has 15 unspecified atom stereocenters. The summed E-state index contributed by atoms with van der Waals surface area (Å²) < 4.78 is 22.4. The number of ether oxygens (including phenoxy) is 4. The van der Waals surface area contributed by atoms with Gasteiger partial charge in [-0.1, -0.05) is 5.11 Å². The molecule has 3 rings (SSSR count). The van der Waals surface area contributed by atoms with Gasteiger partial charge in [-0.25, -0.2) is 0 Å². The maximum absolute atomic E-state index is 11.0. The standard InChI is InChI=1S/C18H35N7O10/c19-2-6-10(27)12(29)13(30)18(32-6)35-16-5(21)1-4(20)15(14(16)31)34-17-11(28)8(22)9(26)7(33-17)3-24-25-23/h4-18,26-31H,1-3,19-22H2. The van der Waals surface area contributed by atoms with Gasteiger partial charge in [0.15, 0.2) is 12.6 Å². The molecule has 202 valence electrons. The SMILES string of the molecule is [N-]=[N+]=NCC1OC(OC2C(N)CC(N)C(OC3OC(CN)C(O)C(O)C3O)C2O)C(O)C(N)C1O. The van der Waals surface area contributed by atoms with Crippen LogP contribution in [0.4, 0.5) is 0 Å². The van der Waals surface area contributed by atoms with Crippen LogP contribution in [0.2, 0.25) is 0 Å². The highest BCUT2D eigenvalue weighted by Gasteiger charge is 2.51. The van der Waals surface area contributed by atoms with Crippen LogP contribution in [0, 0.1) is 0 Å². The van der Waals surface area contributed by atoms with E-state index >= 15 is 0 Å². The Bertz CT molecular complexity index is 748. The van der Waals surface area contributed by atoms with Crippen LogP contribution in [-0.2, 0) is 18.9 Å². The number of nitrogens with zero attached hydrogens (tertiary/aromatic N) is 3. The number of azide groups is 1. The van der Waals surface area contributed by atoms with Crippen molar-refractivity contribution in [3.8, 4) is 0 Å². The molecule has 1 aliphatic carbocycles. The second kappa shape index (κ2) is 11.9. The Morgan fingerprint density at radius 3 is 1.86 bits per heavy atom. The molecule has 0 amide bonds. The van der Waals surface area contributed by atoms with Gasteiger partial charge in [-0.05, 0) is 12.0 Å². The van der Waals surface area contributed by atoms with Gasteiger partial charge in [0.05, 0.1) is 24.8 Å². The molecular weight excluding hydrogens is 474 g/mol. The first-order valence-corrected chi connectivity index (χ1v) is 11.2. The quantitative estimate of drug-likeness (QED) is 0.0867. The molecule has 0 aromatic rings. The number of aliphatic hydroxyl groups is 6. The van der Waals surface area contributed by atoms with E-state index in [0.717, 1.165) is 0 Å². The molecule has 3 aliphatic rings. The van der Waals surface area contributed by atoms with E-state index in [9.17, 15) is 30.6 Å². The normalized spacial score (nSPS) is 51.0. The third-order valence-electron chi connectivity index (χ3n) is 6.63. The van der Waals surface area contributed by atoms with Crippen molar-refractivity contribution in [2.45, 2.75) is 98.2 Å². The van der Waals surface area contributed by atoms with Crippen molar-refractivity contribution < 1.29 is 49.6 Å². The van der Waals surface area contributed by atoms with Crippen molar-refractivity contribution in [3.05, 3.63) is 10.4 Å². The van der Waals surface area contributed by atoms with Crippen molar-refractivity contribution in [3.63, 3.8) is 0 Å². The zero-order valence-electron chi connectivity index (χ0n) is 18.7. The summed E-state index contributed by atoms with van der Waals surface area (Å²) in [5, 5.41) is 65.3. The van der Waals surface area contributed by atoms with Crippen LogP contribution >= 0.6 is 0 Å². The molecule has 2 aliphatic heterocycles. The highest BCUT2D eigenvalue weighted by molar-refractivity contribution is 5.01. The lowest BCUT2D eigenvalue weighted by molar-refractivity contribution is -0.330. The van der Waals surface area contributed by atoms with E-state index in [1.54, 1.807) is 0 Å². The molecule has 1 saturated carbocycles. The molecule has 2 saturated heterocycles. The summed E-state index contributed by atoms with van der Waals surface area (Å²) >= 11 is 0. The summed E-state index contributed by atoms with van der Waals surface area (Å²) in [4.78, 5) is 2.60. The largest absolute Gasteiger partial charge is 0.389 e. The average Bonchev–Trinajstić information content (AvgIpc) is 2.83. The number of nitrogens with two attached hydrogens (primary N) is 4. The second-order valence-corrected chi connectivity index (χ2v) is 9.02. The van der Waals surface area contributed by atoms with Gasteiger partial charge in [0.2, 0.25) is 0 Å². The summed E-state index contributed by atoms with van der Waals surface area (Å²) in [6.45, 7) is -0.470. The molecule has 0 bridgehead atoms. The molecule has 15 atom stereocenters. The van der Waals surface area contributed by atoms with Crippen molar-refractivity contribution in [2.75, 3.05) is 13.1 Å². The number of hydrogen-bond donors (Lipinski definition) is 10. The van der Waals surface area contributed by atoms with Crippen LogP contribution in [0.5, 0.6) is 0 Å². The molecule has 3 fully saturated rings. The fraction of sp³-hybridized carbons (Fsp3) is 1.00. The van der Waals surface area contributed by atoms with E-state index in [-0.39, 0.29) is 19.5 Å². The highest BCUT2D eigenvalue weighted by Crippen LogP contribution is 2.31. The minimum atomic E-state index is -1.67. The predicted octanol–water partition coefficient (Wildman–Crippen LogP) is -5.97. The van der Waals surface area contributed by atoms with Crippen molar-refractivity contribution in [2.24, 2.45) is 28.0 Å². The molecule has 17 nitrogen and oxygen atoms in total. The topological polar surface area (TPSA) is 311 Å². The summed E-state index contributed by atoms with van der Waals surface area (Å²) in [6, 6.07) is -2.92. The van der Waals surface area contributed by atoms with Gasteiger partial charge >= 0.3 is 0 Å². The molecule has 0 aromatic heterocycles. The van der Waals surface area contributed by atoms with Gasteiger partial charge in [0, 0.05) is 23.5 Å². The summed E-state index contributed by atoms with van der Waals surface area (Å²) in [6.07, 6.45) is -16.6. The predicted molar refractivity (Wildman–Crippen MR) is 115 cm³/mol. The number of aliphatic hydroxyl groups excluding tert-OH is 6. The van der Waals surface area contributed by atoms with Gasteiger partial charge in [-0.3, -0.25) is 0 Å². The molecule has 0 spiro atoms. The number of rotatable bonds is 7. The lowest BCUT2D eigenvalue weighted by Gasteiger charge is -2.48. The lowest BCUT2D eigenvalue weighted by Crippen LogP contribution is -2.68. The Labute approximate surface area is 200 Å².